The van der Waals surface area contributed by atoms with Crippen LogP contribution in [0, 0.1) is 12.7 Å². The van der Waals surface area contributed by atoms with Gasteiger partial charge in [-0.3, -0.25) is 9.97 Å². The third-order valence-corrected chi connectivity index (χ3v) is 4.94. The molecule has 0 aliphatic heterocycles. The molecule has 4 heteroatoms. The molecule has 4 rings (SSSR count). The molecule has 0 amide bonds. The van der Waals surface area contributed by atoms with Crippen LogP contribution in [0.2, 0.25) is 0 Å². The number of benzene rings is 1. The summed E-state index contributed by atoms with van der Waals surface area (Å²) in [6, 6.07) is 10.6. The van der Waals surface area contributed by atoms with Crippen molar-refractivity contribution in [1.29, 1.82) is 0 Å². The van der Waals surface area contributed by atoms with E-state index in [9.17, 15) is 4.39 Å². The van der Waals surface area contributed by atoms with Crippen LogP contribution in [-0.4, -0.2) is 9.97 Å². The highest BCUT2D eigenvalue weighted by molar-refractivity contribution is 7.18. The maximum atomic E-state index is 13.2. The van der Waals surface area contributed by atoms with Crippen LogP contribution in [0.3, 0.4) is 0 Å². The quantitative estimate of drug-likeness (QED) is 0.489. The number of aryl methyl sites for hydroxylation is 1. The molecule has 0 spiro atoms. The summed E-state index contributed by atoms with van der Waals surface area (Å²) < 4.78 is 14.3. The SMILES string of the molecule is Cc1ccncc1-c1ccnc2c(-c3ccc(F)cc3)csc12. The van der Waals surface area contributed by atoms with E-state index in [1.807, 2.05) is 24.5 Å². The van der Waals surface area contributed by atoms with Crippen molar-refractivity contribution in [2.75, 3.05) is 0 Å². The second-order valence-electron chi connectivity index (χ2n) is 5.38. The van der Waals surface area contributed by atoms with E-state index in [1.54, 1.807) is 29.7 Å². The van der Waals surface area contributed by atoms with Gasteiger partial charge in [-0.2, -0.15) is 0 Å². The Bertz CT molecular complexity index is 990. The fourth-order valence-electron chi connectivity index (χ4n) is 2.73. The minimum atomic E-state index is -0.229. The molecule has 0 saturated carbocycles. The van der Waals surface area contributed by atoms with E-state index < -0.39 is 0 Å². The third-order valence-electron chi connectivity index (χ3n) is 3.94. The molecule has 0 saturated heterocycles. The van der Waals surface area contributed by atoms with Gasteiger partial charge in [0.05, 0.1) is 10.2 Å². The Balaban J connectivity index is 1.94. The van der Waals surface area contributed by atoms with Gasteiger partial charge in [0, 0.05) is 40.7 Å². The first-order valence-electron chi connectivity index (χ1n) is 7.27. The van der Waals surface area contributed by atoms with E-state index in [-0.39, 0.29) is 5.82 Å². The molecule has 0 N–H and O–H groups in total. The van der Waals surface area contributed by atoms with Gasteiger partial charge in [-0.05, 0) is 42.3 Å². The second-order valence-corrected chi connectivity index (χ2v) is 6.26. The molecule has 1 aromatic carbocycles. The molecule has 3 aromatic heterocycles. The standard InChI is InChI=1S/C19H13FN2S/c1-12-6-8-21-10-16(12)15-7-9-22-18-17(11-23-19(15)18)13-2-4-14(20)5-3-13/h2-11H,1H3. The van der Waals surface area contributed by atoms with Crippen LogP contribution in [0.4, 0.5) is 4.39 Å². The number of thiophene rings is 1. The maximum absolute atomic E-state index is 13.2. The number of pyridine rings is 2. The molecule has 0 bridgehead atoms. The lowest BCUT2D eigenvalue weighted by Gasteiger charge is -2.06. The average Bonchev–Trinajstić information content (AvgIpc) is 3.00. The zero-order chi connectivity index (χ0) is 15.8. The molecule has 3 heterocycles. The van der Waals surface area contributed by atoms with Gasteiger partial charge in [0.25, 0.3) is 0 Å². The third kappa shape index (κ3) is 2.41. The normalized spacial score (nSPS) is 11.0. The first kappa shape index (κ1) is 14.0. The van der Waals surface area contributed by atoms with Crippen LogP contribution in [0.1, 0.15) is 5.56 Å². The van der Waals surface area contributed by atoms with Crippen molar-refractivity contribution in [3.8, 4) is 22.3 Å². The van der Waals surface area contributed by atoms with Crippen molar-refractivity contribution >= 4 is 21.6 Å². The summed E-state index contributed by atoms with van der Waals surface area (Å²) in [7, 11) is 0. The van der Waals surface area contributed by atoms with E-state index in [0.717, 1.165) is 32.5 Å². The van der Waals surface area contributed by atoms with Crippen LogP contribution in [0.15, 0.2) is 60.4 Å². The van der Waals surface area contributed by atoms with E-state index in [4.69, 9.17) is 0 Å². The number of halogens is 1. The van der Waals surface area contributed by atoms with Gasteiger partial charge in [0.2, 0.25) is 0 Å². The lowest BCUT2D eigenvalue weighted by atomic mass is 10.0. The highest BCUT2D eigenvalue weighted by Gasteiger charge is 2.13. The molecular formula is C19H13FN2S. The Morgan fingerprint density at radius 1 is 0.913 bits per heavy atom. The number of nitrogens with zero attached hydrogens (tertiary/aromatic N) is 2. The molecule has 0 unspecified atom stereocenters. The summed E-state index contributed by atoms with van der Waals surface area (Å²) in [4.78, 5) is 8.80. The van der Waals surface area contributed by atoms with Crippen molar-refractivity contribution in [2.45, 2.75) is 6.92 Å². The Labute approximate surface area is 137 Å². The van der Waals surface area contributed by atoms with Gasteiger partial charge in [-0.25, -0.2) is 4.39 Å². The molecule has 2 nitrogen and oxygen atoms in total. The van der Waals surface area contributed by atoms with Crippen LogP contribution >= 0.6 is 11.3 Å². The topological polar surface area (TPSA) is 25.8 Å². The highest BCUT2D eigenvalue weighted by Crippen LogP contribution is 2.38. The second kappa shape index (κ2) is 5.56. The molecule has 0 aliphatic rings. The smallest absolute Gasteiger partial charge is 0.123 e. The van der Waals surface area contributed by atoms with E-state index in [1.165, 1.54) is 17.7 Å². The van der Waals surface area contributed by atoms with Crippen LogP contribution in [0.25, 0.3) is 32.5 Å². The molecule has 0 radical (unpaired) electrons. The number of hydrogen-bond donors (Lipinski definition) is 0. The summed E-state index contributed by atoms with van der Waals surface area (Å²) in [5.41, 5.74) is 6.40. The largest absolute Gasteiger partial charge is 0.264 e. The van der Waals surface area contributed by atoms with Crippen molar-refractivity contribution in [3.63, 3.8) is 0 Å². The summed E-state index contributed by atoms with van der Waals surface area (Å²) in [6.07, 6.45) is 5.51. The molecule has 0 aliphatic carbocycles. The van der Waals surface area contributed by atoms with E-state index >= 15 is 0 Å². The number of hydrogen-bond acceptors (Lipinski definition) is 3. The van der Waals surface area contributed by atoms with Crippen LogP contribution in [0.5, 0.6) is 0 Å². The van der Waals surface area contributed by atoms with Crippen LogP contribution < -0.4 is 0 Å². The Hall–Kier alpha value is -2.59. The molecular weight excluding hydrogens is 307 g/mol. The summed E-state index contributed by atoms with van der Waals surface area (Å²) in [5.74, 6) is -0.229. The van der Waals surface area contributed by atoms with E-state index in [2.05, 4.69) is 22.3 Å². The predicted molar refractivity (Wildman–Crippen MR) is 93.0 cm³/mol. The van der Waals surface area contributed by atoms with Crippen LogP contribution in [-0.2, 0) is 0 Å². The Kier molecular flexibility index (Phi) is 3.39. The maximum Gasteiger partial charge on any atom is 0.123 e. The lowest BCUT2D eigenvalue weighted by molar-refractivity contribution is 0.628. The van der Waals surface area contributed by atoms with Gasteiger partial charge < -0.3 is 0 Å². The summed E-state index contributed by atoms with van der Waals surface area (Å²) >= 11 is 1.66. The summed E-state index contributed by atoms with van der Waals surface area (Å²) in [5, 5.41) is 2.08. The fourth-order valence-corrected chi connectivity index (χ4v) is 3.79. The minimum Gasteiger partial charge on any atom is -0.264 e. The number of rotatable bonds is 2. The molecule has 23 heavy (non-hydrogen) atoms. The van der Waals surface area contributed by atoms with Gasteiger partial charge in [-0.15, -0.1) is 11.3 Å². The lowest BCUT2D eigenvalue weighted by Crippen LogP contribution is -1.87. The molecule has 112 valence electrons. The first-order chi connectivity index (χ1) is 11.2. The Morgan fingerprint density at radius 2 is 1.74 bits per heavy atom. The minimum absolute atomic E-state index is 0.229. The summed E-state index contributed by atoms with van der Waals surface area (Å²) in [6.45, 7) is 2.08. The number of aromatic nitrogens is 2. The number of fused-ring (bicyclic) bond motifs is 1. The van der Waals surface area contributed by atoms with Crippen molar-refractivity contribution in [3.05, 3.63) is 71.7 Å². The fraction of sp³-hybridized carbons (Fsp3) is 0.0526. The van der Waals surface area contributed by atoms with Gasteiger partial charge in [0.1, 0.15) is 5.82 Å². The van der Waals surface area contributed by atoms with Crippen molar-refractivity contribution in [2.24, 2.45) is 0 Å². The highest BCUT2D eigenvalue weighted by atomic mass is 32.1. The van der Waals surface area contributed by atoms with Gasteiger partial charge in [-0.1, -0.05) is 12.1 Å². The first-order valence-corrected chi connectivity index (χ1v) is 8.15. The monoisotopic (exact) mass is 320 g/mol. The molecule has 0 atom stereocenters. The zero-order valence-corrected chi connectivity index (χ0v) is 13.3. The van der Waals surface area contributed by atoms with Crippen molar-refractivity contribution in [1.82, 2.24) is 9.97 Å². The van der Waals surface area contributed by atoms with Gasteiger partial charge in [0.15, 0.2) is 0 Å². The molecule has 4 aromatic rings. The molecule has 0 fully saturated rings. The zero-order valence-electron chi connectivity index (χ0n) is 12.5. The Morgan fingerprint density at radius 3 is 2.52 bits per heavy atom. The van der Waals surface area contributed by atoms with Gasteiger partial charge >= 0.3 is 0 Å². The van der Waals surface area contributed by atoms with E-state index in [0.29, 0.717) is 0 Å². The van der Waals surface area contributed by atoms with Crippen molar-refractivity contribution < 1.29 is 4.39 Å². The predicted octanol–water partition coefficient (Wildman–Crippen LogP) is 5.47. The average molecular weight is 320 g/mol.